The second-order valence-electron chi connectivity index (χ2n) is 6.68. The maximum Gasteiger partial charge on any atom is 0.228 e. The van der Waals surface area contributed by atoms with Crippen molar-refractivity contribution in [2.24, 2.45) is 5.92 Å². The Morgan fingerprint density at radius 2 is 1.92 bits per heavy atom. The van der Waals surface area contributed by atoms with Crippen LogP contribution in [-0.2, 0) is 16.0 Å². The lowest BCUT2D eigenvalue weighted by molar-refractivity contribution is -0.126. The number of hydrogen-bond acceptors (Lipinski definition) is 3. The molecule has 130 valence electrons. The summed E-state index contributed by atoms with van der Waals surface area (Å²) in [5.74, 6) is 0.537. The van der Waals surface area contributed by atoms with E-state index in [2.05, 4.69) is 16.3 Å². The molecule has 3 rings (SSSR count). The minimum atomic E-state index is 0.141. The Morgan fingerprint density at radius 1 is 1.17 bits per heavy atom. The van der Waals surface area contributed by atoms with Crippen molar-refractivity contribution in [3.63, 3.8) is 0 Å². The van der Waals surface area contributed by atoms with Crippen LogP contribution in [0.25, 0.3) is 0 Å². The Morgan fingerprint density at radius 3 is 2.67 bits per heavy atom. The number of likely N-dealkylation sites (tertiary alicyclic amines) is 1. The summed E-state index contributed by atoms with van der Waals surface area (Å²) < 4.78 is 0. The molecule has 0 bridgehead atoms. The number of benzene rings is 1. The topological polar surface area (TPSA) is 52.7 Å². The molecule has 5 nitrogen and oxygen atoms in total. The van der Waals surface area contributed by atoms with Crippen molar-refractivity contribution in [3.05, 3.63) is 29.8 Å². The quantitative estimate of drug-likeness (QED) is 0.896. The fourth-order valence-corrected chi connectivity index (χ4v) is 3.72. The zero-order valence-electron chi connectivity index (χ0n) is 14.5. The van der Waals surface area contributed by atoms with Gasteiger partial charge < -0.3 is 15.1 Å². The van der Waals surface area contributed by atoms with Gasteiger partial charge >= 0.3 is 0 Å². The van der Waals surface area contributed by atoms with Gasteiger partial charge in [0.05, 0.1) is 0 Å². The third-order valence-corrected chi connectivity index (χ3v) is 5.14. The van der Waals surface area contributed by atoms with E-state index in [1.807, 2.05) is 30.0 Å². The molecule has 2 aliphatic heterocycles. The van der Waals surface area contributed by atoms with Gasteiger partial charge in [-0.2, -0.15) is 0 Å². The van der Waals surface area contributed by atoms with Crippen molar-refractivity contribution >= 4 is 17.5 Å². The highest BCUT2D eigenvalue weighted by atomic mass is 16.2. The van der Waals surface area contributed by atoms with Crippen LogP contribution in [0.4, 0.5) is 5.69 Å². The third kappa shape index (κ3) is 3.78. The summed E-state index contributed by atoms with van der Waals surface area (Å²) in [7, 11) is 0. The molecular weight excluding hydrogens is 302 g/mol. The number of piperidine rings is 1. The van der Waals surface area contributed by atoms with E-state index in [0.29, 0.717) is 13.0 Å². The SMILES string of the molecule is CCNC(=O)C1CCN(CCC(=O)N2CCc3ccccc32)CC1. The molecule has 0 unspecified atom stereocenters. The van der Waals surface area contributed by atoms with E-state index >= 15 is 0 Å². The number of fused-ring (bicyclic) bond motifs is 1. The van der Waals surface area contributed by atoms with Gasteiger partial charge in [0.15, 0.2) is 0 Å². The van der Waals surface area contributed by atoms with Gasteiger partial charge in [0.25, 0.3) is 0 Å². The first-order chi connectivity index (χ1) is 11.7. The van der Waals surface area contributed by atoms with E-state index < -0.39 is 0 Å². The maximum absolute atomic E-state index is 12.5. The number of nitrogens with zero attached hydrogens (tertiary/aromatic N) is 2. The van der Waals surface area contributed by atoms with Gasteiger partial charge in [-0.15, -0.1) is 0 Å². The number of carbonyl (C=O) groups excluding carboxylic acids is 2. The zero-order valence-corrected chi connectivity index (χ0v) is 14.5. The predicted octanol–water partition coefficient (Wildman–Crippen LogP) is 1.81. The third-order valence-electron chi connectivity index (χ3n) is 5.14. The number of hydrogen-bond donors (Lipinski definition) is 1. The smallest absolute Gasteiger partial charge is 0.228 e. The van der Waals surface area contributed by atoms with Crippen LogP contribution in [0.15, 0.2) is 24.3 Å². The normalized spacial score (nSPS) is 18.5. The Hall–Kier alpha value is -1.88. The molecule has 0 aliphatic carbocycles. The summed E-state index contributed by atoms with van der Waals surface area (Å²) >= 11 is 0. The van der Waals surface area contributed by atoms with Crippen LogP contribution in [0.5, 0.6) is 0 Å². The Labute approximate surface area is 144 Å². The number of amides is 2. The van der Waals surface area contributed by atoms with E-state index in [4.69, 9.17) is 0 Å². The van der Waals surface area contributed by atoms with Crippen molar-refractivity contribution < 1.29 is 9.59 Å². The van der Waals surface area contributed by atoms with E-state index in [-0.39, 0.29) is 17.7 Å². The average molecular weight is 329 g/mol. The molecule has 1 fully saturated rings. The monoisotopic (exact) mass is 329 g/mol. The van der Waals surface area contributed by atoms with E-state index in [9.17, 15) is 9.59 Å². The summed E-state index contributed by atoms with van der Waals surface area (Å²) in [5, 5.41) is 2.91. The van der Waals surface area contributed by atoms with Crippen molar-refractivity contribution in [1.82, 2.24) is 10.2 Å². The summed E-state index contributed by atoms with van der Waals surface area (Å²) in [6.45, 7) is 6.06. The second kappa shape index (κ2) is 7.79. The Kier molecular flexibility index (Phi) is 5.51. The summed E-state index contributed by atoms with van der Waals surface area (Å²) in [4.78, 5) is 28.7. The molecule has 1 aromatic carbocycles. The van der Waals surface area contributed by atoms with Crippen LogP contribution in [0.2, 0.25) is 0 Å². The fraction of sp³-hybridized carbons (Fsp3) is 0.579. The highest BCUT2D eigenvalue weighted by Gasteiger charge is 2.27. The molecule has 0 spiro atoms. The molecule has 2 aliphatic rings. The number of anilines is 1. The minimum absolute atomic E-state index is 0.141. The van der Waals surface area contributed by atoms with Gasteiger partial charge in [0.2, 0.25) is 11.8 Å². The lowest BCUT2D eigenvalue weighted by atomic mass is 9.96. The summed E-state index contributed by atoms with van der Waals surface area (Å²) in [6.07, 6.45) is 3.30. The largest absolute Gasteiger partial charge is 0.356 e. The first-order valence-corrected chi connectivity index (χ1v) is 9.07. The first-order valence-electron chi connectivity index (χ1n) is 9.07. The minimum Gasteiger partial charge on any atom is -0.356 e. The summed E-state index contributed by atoms with van der Waals surface area (Å²) in [5.41, 5.74) is 2.35. The Balaban J connectivity index is 1.44. The lowest BCUT2D eigenvalue weighted by Gasteiger charge is -2.31. The highest BCUT2D eigenvalue weighted by molar-refractivity contribution is 5.95. The molecule has 1 saturated heterocycles. The molecule has 0 atom stereocenters. The number of rotatable bonds is 5. The van der Waals surface area contributed by atoms with Gasteiger partial charge in [-0.05, 0) is 50.9 Å². The van der Waals surface area contributed by atoms with Gasteiger partial charge in [-0.25, -0.2) is 0 Å². The molecule has 0 saturated carbocycles. The van der Waals surface area contributed by atoms with Crippen LogP contribution in [-0.4, -0.2) is 49.4 Å². The number of nitrogens with one attached hydrogen (secondary N) is 1. The maximum atomic E-state index is 12.5. The molecule has 0 aromatic heterocycles. The van der Waals surface area contributed by atoms with Crippen molar-refractivity contribution in [2.75, 3.05) is 37.6 Å². The van der Waals surface area contributed by atoms with Crippen LogP contribution in [0, 0.1) is 5.92 Å². The molecule has 1 N–H and O–H groups in total. The van der Waals surface area contributed by atoms with Gasteiger partial charge in [-0.1, -0.05) is 18.2 Å². The van der Waals surface area contributed by atoms with Crippen LogP contribution < -0.4 is 10.2 Å². The predicted molar refractivity (Wildman–Crippen MR) is 95.0 cm³/mol. The molecular formula is C19H27N3O2. The molecule has 2 amide bonds. The Bertz CT molecular complexity index is 594. The molecule has 2 heterocycles. The zero-order chi connectivity index (χ0) is 16.9. The fourth-order valence-electron chi connectivity index (χ4n) is 3.72. The molecule has 0 radical (unpaired) electrons. The first kappa shape index (κ1) is 17.0. The van der Waals surface area contributed by atoms with Gasteiger partial charge in [0.1, 0.15) is 0 Å². The van der Waals surface area contributed by atoms with E-state index in [1.165, 1.54) is 5.56 Å². The summed E-state index contributed by atoms with van der Waals surface area (Å²) in [6, 6.07) is 8.18. The van der Waals surface area contributed by atoms with Gasteiger partial charge in [0, 0.05) is 37.7 Å². The van der Waals surface area contributed by atoms with Crippen molar-refractivity contribution in [1.29, 1.82) is 0 Å². The van der Waals surface area contributed by atoms with Crippen LogP contribution >= 0.6 is 0 Å². The molecule has 1 aromatic rings. The molecule has 5 heteroatoms. The van der Waals surface area contributed by atoms with Gasteiger partial charge in [-0.3, -0.25) is 9.59 Å². The van der Waals surface area contributed by atoms with Crippen molar-refractivity contribution in [2.45, 2.75) is 32.6 Å². The van der Waals surface area contributed by atoms with Crippen LogP contribution in [0.3, 0.4) is 0 Å². The van der Waals surface area contributed by atoms with Crippen LogP contribution in [0.1, 0.15) is 31.7 Å². The molecule has 24 heavy (non-hydrogen) atoms. The average Bonchev–Trinajstić information content (AvgIpc) is 3.04. The van der Waals surface area contributed by atoms with E-state index in [0.717, 1.165) is 51.1 Å². The highest BCUT2D eigenvalue weighted by Crippen LogP contribution is 2.28. The van der Waals surface area contributed by atoms with Crippen molar-refractivity contribution in [3.8, 4) is 0 Å². The van der Waals surface area contributed by atoms with E-state index in [1.54, 1.807) is 0 Å². The number of para-hydroxylation sites is 1. The second-order valence-corrected chi connectivity index (χ2v) is 6.68. The number of carbonyl (C=O) groups is 2. The lowest BCUT2D eigenvalue weighted by Crippen LogP contribution is -2.42. The standard InChI is InChI=1S/C19H27N3O2/c1-2-20-19(24)16-7-11-21(12-8-16)13-10-18(23)22-14-9-15-5-3-4-6-17(15)22/h3-6,16H,2,7-14H2,1H3,(H,20,24).